The number of aliphatic hydroxyl groups is 1. The van der Waals surface area contributed by atoms with Crippen LogP contribution in [0.2, 0.25) is 5.02 Å². The maximum atomic E-state index is 14.3. The van der Waals surface area contributed by atoms with Crippen LogP contribution in [-0.2, 0) is 16.6 Å². The molecule has 1 atom stereocenters. The molecule has 6 nitrogen and oxygen atoms in total. The normalized spacial score (nSPS) is 17.1. The summed E-state index contributed by atoms with van der Waals surface area (Å²) in [6.07, 6.45) is -3.93. The van der Waals surface area contributed by atoms with E-state index in [-0.39, 0.29) is 44.7 Å². The molecule has 1 fully saturated rings. The van der Waals surface area contributed by atoms with E-state index < -0.39 is 46.5 Å². The Morgan fingerprint density at radius 1 is 1.07 bits per heavy atom. The summed E-state index contributed by atoms with van der Waals surface area (Å²) in [6, 6.07) is 8.68. The van der Waals surface area contributed by atoms with Gasteiger partial charge in [-0.2, -0.15) is 13.2 Å². The Morgan fingerprint density at radius 2 is 1.83 bits per heavy atom. The molecule has 3 aromatic carbocycles. The minimum Gasteiger partial charge on any atom is -0.384 e. The van der Waals surface area contributed by atoms with Gasteiger partial charge in [-0.3, -0.25) is 4.79 Å². The molecule has 12 heteroatoms. The van der Waals surface area contributed by atoms with Crippen LogP contribution in [0.5, 0.6) is 0 Å². The van der Waals surface area contributed by atoms with Gasteiger partial charge in [-0.05, 0) is 61.4 Å². The highest BCUT2D eigenvalue weighted by atomic mass is 35.5. The molecule has 4 aromatic rings. The molecule has 0 bridgehead atoms. The highest BCUT2D eigenvalue weighted by Gasteiger charge is 2.44. The smallest absolute Gasteiger partial charge is 0.384 e. The van der Waals surface area contributed by atoms with E-state index in [2.05, 4.69) is 15.6 Å². The number of pyridine rings is 1. The number of halogens is 6. The summed E-state index contributed by atoms with van der Waals surface area (Å²) in [5.41, 5.74) is -1.87. The number of nitrogens with zero attached hydrogens (tertiary/aromatic N) is 1. The number of rotatable bonds is 4. The third-order valence-corrected chi connectivity index (χ3v) is 7.51. The molecule has 2 aliphatic rings. The monoisotopic (exact) mass is 585 g/mol. The second-order valence-electron chi connectivity index (χ2n) is 9.91. The van der Waals surface area contributed by atoms with E-state index in [0.29, 0.717) is 36.1 Å². The summed E-state index contributed by atoms with van der Waals surface area (Å²) in [5.74, 6) is -1.18. The van der Waals surface area contributed by atoms with Crippen molar-refractivity contribution in [3.8, 4) is 0 Å². The van der Waals surface area contributed by atoms with Crippen LogP contribution in [0.15, 0.2) is 54.6 Å². The van der Waals surface area contributed by atoms with E-state index >= 15 is 0 Å². The molecule has 208 valence electrons. The predicted octanol–water partition coefficient (Wildman–Crippen LogP) is 6.28. The lowest BCUT2D eigenvalue weighted by molar-refractivity contribution is -0.137. The fourth-order valence-electron chi connectivity index (χ4n) is 5.01. The number of carbonyl (C=O) groups excluding carboxylic acids is 2. The minimum atomic E-state index is -4.91. The number of aromatic nitrogens is 1. The average Bonchev–Trinajstić information content (AvgIpc) is 3.55. The molecule has 0 saturated heterocycles. The maximum Gasteiger partial charge on any atom is 0.416 e. The maximum absolute atomic E-state index is 14.3. The molecular weight excluding hydrogens is 569 g/mol. The van der Waals surface area contributed by atoms with Crippen molar-refractivity contribution in [2.45, 2.75) is 30.7 Å². The van der Waals surface area contributed by atoms with Crippen LogP contribution in [0.1, 0.15) is 57.2 Å². The van der Waals surface area contributed by atoms with Crippen LogP contribution in [0.3, 0.4) is 0 Å². The number of carbonyl (C=O) groups is 1. The highest BCUT2D eigenvalue weighted by molar-refractivity contribution is 6.31. The number of benzene rings is 3. The second-order valence-corrected chi connectivity index (χ2v) is 10.3. The average molecular weight is 586 g/mol. The summed E-state index contributed by atoms with van der Waals surface area (Å²) in [7, 11) is 0. The number of fused-ring (bicyclic) bond motifs is 3. The van der Waals surface area contributed by atoms with Gasteiger partial charge in [0, 0.05) is 38.4 Å². The Labute approximate surface area is 233 Å². The quantitative estimate of drug-likeness (QED) is 0.194. The molecule has 1 aliphatic heterocycles. The van der Waals surface area contributed by atoms with Crippen molar-refractivity contribution < 1.29 is 36.6 Å². The molecule has 1 amide bonds. The third kappa shape index (κ3) is 4.72. The number of amides is 1. The van der Waals surface area contributed by atoms with Crippen LogP contribution >= 0.6 is 11.6 Å². The highest BCUT2D eigenvalue weighted by Crippen LogP contribution is 2.48. The topological polar surface area (TPSA) is 91.3 Å². The zero-order valence-electron chi connectivity index (χ0n) is 20.7. The summed E-state index contributed by atoms with van der Waals surface area (Å²) in [6.45, 7) is 0. The van der Waals surface area contributed by atoms with Crippen molar-refractivity contribution in [1.82, 2.24) is 10.3 Å². The van der Waals surface area contributed by atoms with E-state index in [1.807, 2.05) is 0 Å². The Balaban J connectivity index is 1.56. The lowest BCUT2D eigenvalue weighted by Crippen LogP contribution is -2.18. The predicted molar refractivity (Wildman–Crippen MR) is 140 cm³/mol. The Morgan fingerprint density at radius 3 is 2.51 bits per heavy atom. The van der Waals surface area contributed by atoms with Gasteiger partial charge < -0.3 is 15.7 Å². The van der Waals surface area contributed by atoms with Gasteiger partial charge in [-0.25, -0.2) is 18.6 Å². The number of anilines is 1. The molecule has 1 saturated carbocycles. The molecule has 0 radical (unpaired) electrons. The molecule has 3 N–H and O–H groups in total. The first-order valence-corrected chi connectivity index (χ1v) is 12.6. The molecule has 2 heterocycles. The Bertz CT molecular complexity index is 1830. The van der Waals surface area contributed by atoms with Crippen LogP contribution < -0.4 is 10.6 Å². The van der Waals surface area contributed by atoms with Crippen molar-refractivity contribution in [3.05, 3.63) is 105 Å². The zero-order chi connectivity index (χ0) is 29.3. The van der Waals surface area contributed by atoms with Gasteiger partial charge in [0.1, 0.15) is 22.9 Å². The minimum absolute atomic E-state index is 0.00849. The first-order valence-electron chi connectivity index (χ1n) is 12.2. The van der Waals surface area contributed by atoms with Crippen molar-refractivity contribution >= 4 is 45.7 Å². The van der Waals surface area contributed by atoms with Gasteiger partial charge in [0.25, 0.3) is 5.91 Å². The van der Waals surface area contributed by atoms with Crippen molar-refractivity contribution in [3.63, 3.8) is 0 Å². The second kappa shape index (κ2) is 9.37. The van der Waals surface area contributed by atoms with E-state index in [4.69, 9.17) is 11.6 Å². The van der Waals surface area contributed by atoms with Crippen LogP contribution in [0.25, 0.3) is 16.6 Å². The third-order valence-electron chi connectivity index (χ3n) is 7.17. The van der Waals surface area contributed by atoms with Gasteiger partial charge >= 0.3 is 6.18 Å². The molecule has 41 heavy (non-hydrogen) atoms. The van der Waals surface area contributed by atoms with Gasteiger partial charge in [-0.1, -0.05) is 17.7 Å². The number of hydrogen-bond acceptors (Lipinski definition) is 5. The van der Waals surface area contributed by atoms with E-state index in [0.717, 1.165) is 12.1 Å². The molecule has 6 rings (SSSR count). The summed E-state index contributed by atoms with van der Waals surface area (Å²) >= 11 is 6.37. The van der Waals surface area contributed by atoms with Crippen molar-refractivity contribution in [1.29, 1.82) is 0 Å². The molecule has 1 unspecified atom stereocenters. The molecular formula is C29H17ClF5N3O3. The van der Waals surface area contributed by atoms with E-state index in [1.165, 1.54) is 12.1 Å². The first-order chi connectivity index (χ1) is 19.4. The number of alkyl halides is 3. The summed E-state index contributed by atoms with van der Waals surface area (Å²) < 4.78 is 68.3. The number of hydrogen-bond donors (Lipinski definition) is 3. The Hall–Kier alpha value is -4.31. The molecule has 0 spiro atoms. The Kier molecular flexibility index (Phi) is 6.15. The molecule has 1 aliphatic carbocycles. The lowest BCUT2D eigenvalue weighted by Gasteiger charge is -2.19. The standard InChI is InChI=1S/C29H17ClF5N3O3/c30-19-3-1-15(31)10-18(19)26-25-21(38-27(40)13-7-14(29(33,34)35)9-16(32)8-13)11-20-17(24(25)22(12-39)37-26)2-4-23(36-20)28(41)5-6-28/h1-4,7-11,26,37,41H,5-6H2,(H,38,40). The van der Waals surface area contributed by atoms with Gasteiger partial charge in [0.05, 0.1) is 22.8 Å². The number of nitrogens with one attached hydrogen (secondary N) is 2. The van der Waals surface area contributed by atoms with E-state index in [9.17, 15) is 36.6 Å². The van der Waals surface area contributed by atoms with Gasteiger partial charge in [0.15, 0.2) is 5.94 Å². The fourth-order valence-corrected chi connectivity index (χ4v) is 5.24. The van der Waals surface area contributed by atoms with Crippen molar-refractivity contribution in [2.24, 2.45) is 0 Å². The summed E-state index contributed by atoms with van der Waals surface area (Å²) in [4.78, 5) is 29.8. The zero-order valence-corrected chi connectivity index (χ0v) is 21.4. The summed E-state index contributed by atoms with van der Waals surface area (Å²) in [5, 5.41) is 16.6. The van der Waals surface area contributed by atoms with Crippen LogP contribution in [0.4, 0.5) is 27.6 Å². The largest absolute Gasteiger partial charge is 0.416 e. The fraction of sp³-hybridized carbons (Fsp3) is 0.172. The lowest BCUT2D eigenvalue weighted by atomic mass is 9.92. The molecule has 1 aromatic heterocycles. The SMILES string of the molecule is O=C=C1NC(c2cc(F)ccc2Cl)c2c(NC(=O)c3cc(F)cc(C(F)(F)F)c3)cc3nc(C4(O)CC4)ccc3c21. The van der Waals surface area contributed by atoms with Crippen LogP contribution in [0, 0.1) is 11.6 Å². The van der Waals surface area contributed by atoms with Gasteiger partial charge in [-0.15, -0.1) is 0 Å². The van der Waals surface area contributed by atoms with Crippen molar-refractivity contribution in [2.75, 3.05) is 5.32 Å². The van der Waals surface area contributed by atoms with Gasteiger partial charge in [0.2, 0.25) is 0 Å². The van der Waals surface area contributed by atoms with Crippen LogP contribution in [-0.4, -0.2) is 21.9 Å². The first kappa shape index (κ1) is 26.9. The van der Waals surface area contributed by atoms with E-state index in [1.54, 1.807) is 18.1 Å².